The van der Waals surface area contributed by atoms with Gasteiger partial charge in [-0.3, -0.25) is 14.4 Å². The highest BCUT2D eigenvalue weighted by Crippen LogP contribution is 2.31. The van der Waals surface area contributed by atoms with Crippen LogP contribution >= 0.6 is 11.3 Å². The number of fused-ring (bicyclic) bond motifs is 1. The topological polar surface area (TPSA) is 75.7 Å². The molecule has 152 valence electrons. The maximum Gasteiger partial charge on any atom is 0.307 e. The zero-order valence-corrected chi connectivity index (χ0v) is 17.2. The molecule has 1 fully saturated rings. The monoisotopic (exact) mass is 412 g/mol. The van der Waals surface area contributed by atoms with Crippen LogP contribution < -0.4 is 10.2 Å². The first kappa shape index (κ1) is 19.6. The van der Waals surface area contributed by atoms with Gasteiger partial charge in [-0.25, -0.2) is 0 Å². The van der Waals surface area contributed by atoms with Crippen LogP contribution in [0.3, 0.4) is 0 Å². The lowest BCUT2D eigenvalue weighted by Gasteiger charge is -2.20. The lowest BCUT2D eigenvalue weighted by atomic mass is 10.1. The molecule has 2 heterocycles. The molecule has 1 aliphatic heterocycles. The summed E-state index contributed by atoms with van der Waals surface area (Å²) in [7, 11) is 1.33. The smallest absolute Gasteiger partial charge is 0.307 e. The molecule has 1 N–H and O–H groups in total. The average molecular weight is 413 g/mol. The molecule has 0 radical (unpaired) electrons. The van der Waals surface area contributed by atoms with E-state index in [0.29, 0.717) is 6.54 Å². The number of carbonyl (C=O) groups excluding carboxylic acids is 3. The minimum atomic E-state index is -0.445. The fourth-order valence-electron chi connectivity index (χ4n) is 4.11. The first-order chi connectivity index (χ1) is 14.0. The van der Waals surface area contributed by atoms with Crippen molar-refractivity contribution < 1.29 is 19.1 Å². The van der Waals surface area contributed by atoms with Crippen LogP contribution in [-0.4, -0.2) is 31.4 Å². The fourth-order valence-corrected chi connectivity index (χ4v) is 4.89. The van der Waals surface area contributed by atoms with Crippen LogP contribution in [0.2, 0.25) is 0 Å². The van der Waals surface area contributed by atoms with E-state index in [9.17, 15) is 14.4 Å². The van der Waals surface area contributed by atoms with Crippen molar-refractivity contribution in [2.24, 2.45) is 5.92 Å². The van der Waals surface area contributed by atoms with Crippen LogP contribution in [0.1, 0.15) is 41.3 Å². The maximum absolute atomic E-state index is 12.9. The van der Waals surface area contributed by atoms with Gasteiger partial charge in [-0.2, -0.15) is 0 Å². The van der Waals surface area contributed by atoms with Gasteiger partial charge in [0.15, 0.2) is 0 Å². The summed E-state index contributed by atoms with van der Waals surface area (Å²) in [6.45, 7) is 0.360. The van der Waals surface area contributed by atoms with Gasteiger partial charge in [-0.15, -0.1) is 11.3 Å². The third-order valence-electron chi connectivity index (χ3n) is 5.69. The Balaban J connectivity index is 1.45. The van der Waals surface area contributed by atoms with Crippen molar-refractivity contribution in [1.29, 1.82) is 0 Å². The van der Waals surface area contributed by atoms with Crippen LogP contribution in [0.15, 0.2) is 35.7 Å². The molecular formula is C22H24N2O4S. The molecule has 1 aliphatic carbocycles. The molecule has 2 aromatic rings. The number of hydrogen-bond acceptors (Lipinski definition) is 5. The Morgan fingerprint density at radius 3 is 2.86 bits per heavy atom. The second-order valence-corrected chi connectivity index (χ2v) is 8.55. The van der Waals surface area contributed by atoms with Gasteiger partial charge in [0, 0.05) is 23.5 Å². The van der Waals surface area contributed by atoms with E-state index >= 15 is 0 Å². The molecule has 2 aliphatic rings. The molecule has 2 amide bonds. The number of thiophene rings is 1. The van der Waals surface area contributed by atoms with Gasteiger partial charge in [0.1, 0.15) is 0 Å². The van der Waals surface area contributed by atoms with Gasteiger partial charge in [0.2, 0.25) is 11.8 Å². The van der Waals surface area contributed by atoms with Crippen LogP contribution in [0, 0.1) is 5.92 Å². The van der Waals surface area contributed by atoms with Gasteiger partial charge >= 0.3 is 5.97 Å². The van der Waals surface area contributed by atoms with Crippen molar-refractivity contribution in [2.45, 2.75) is 38.1 Å². The third-order valence-corrected chi connectivity index (χ3v) is 6.68. The van der Waals surface area contributed by atoms with Crippen LogP contribution in [0.4, 0.5) is 5.69 Å². The van der Waals surface area contributed by atoms with E-state index in [4.69, 9.17) is 4.74 Å². The van der Waals surface area contributed by atoms with E-state index in [2.05, 4.69) is 17.4 Å². The minimum Gasteiger partial charge on any atom is -0.469 e. The summed E-state index contributed by atoms with van der Waals surface area (Å²) in [6, 6.07) is 9.49. The average Bonchev–Trinajstić information content (AvgIpc) is 3.47. The maximum atomic E-state index is 12.9. The fraction of sp³-hybridized carbons (Fsp3) is 0.409. The van der Waals surface area contributed by atoms with E-state index in [1.165, 1.54) is 29.6 Å². The molecule has 4 rings (SSSR count). The van der Waals surface area contributed by atoms with Crippen LogP contribution in [-0.2, 0) is 32.0 Å². The Morgan fingerprint density at radius 2 is 2.10 bits per heavy atom. The molecular weight excluding hydrogens is 388 g/mol. The SMILES string of the molecule is COC(=O)C[C@@H](NC(=O)[C@@H]1CC(=O)N(c2ccc3c(c2)CCC3)C1)c1cccs1. The predicted molar refractivity (Wildman–Crippen MR) is 111 cm³/mol. The van der Waals surface area contributed by atoms with Gasteiger partial charge in [-0.05, 0) is 54.0 Å². The quantitative estimate of drug-likeness (QED) is 0.740. The second-order valence-electron chi connectivity index (χ2n) is 7.57. The summed E-state index contributed by atoms with van der Waals surface area (Å²) in [4.78, 5) is 39.9. The van der Waals surface area contributed by atoms with Gasteiger partial charge in [0.05, 0.1) is 25.5 Å². The number of ether oxygens (including phenoxy) is 1. The number of nitrogens with zero attached hydrogens (tertiary/aromatic N) is 1. The van der Waals surface area contributed by atoms with Crippen LogP contribution in [0.25, 0.3) is 0 Å². The first-order valence-corrected chi connectivity index (χ1v) is 10.8. The molecule has 2 atom stereocenters. The zero-order chi connectivity index (χ0) is 20.4. The van der Waals surface area contributed by atoms with E-state index in [-0.39, 0.29) is 30.6 Å². The zero-order valence-electron chi connectivity index (χ0n) is 16.3. The Morgan fingerprint density at radius 1 is 1.28 bits per heavy atom. The molecule has 0 spiro atoms. The predicted octanol–water partition coefficient (Wildman–Crippen LogP) is 3.01. The minimum absolute atomic E-state index is 0.0382. The molecule has 7 heteroatoms. The molecule has 0 saturated carbocycles. The van der Waals surface area contributed by atoms with Gasteiger partial charge in [0.25, 0.3) is 0 Å². The third kappa shape index (κ3) is 4.19. The van der Waals surface area contributed by atoms with Gasteiger partial charge in [-0.1, -0.05) is 12.1 Å². The van der Waals surface area contributed by atoms with Crippen molar-refractivity contribution in [3.63, 3.8) is 0 Å². The normalized spacial score (nSPS) is 19.1. The summed E-state index contributed by atoms with van der Waals surface area (Å²) in [6.07, 6.45) is 3.54. The number of carbonyl (C=O) groups is 3. The number of esters is 1. The number of amides is 2. The number of methoxy groups -OCH3 is 1. The molecule has 29 heavy (non-hydrogen) atoms. The van der Waals surface area contributed by atoms with Crippen molar-refractivity contribution in [2.75, 3.05) is 18.6 Å². The Labute approximate surface area is 173 Å². The number of anilines is 1. The van der Waals surface area contributed by atoms with Crippen molar-refractivity contribution >= 4 is 34.8 Å². The molecule has 0 bridgehead atoms. The lowest BCUT2D eigenvalue weighted by molar-refractivity contribution is -0.141. The first-order valence-electron chi connectivity index (χ1n) is 9.88. The summed E-state index contributed by atoms with van der Waals surface area (Å²) < 4.78 is 4.77. The number of hydrogen-bond donors (Lipinski definition) is 1. The number of nitrogens with one attached hydrogen (secondary N) is 1. The lowest BCUT2D eigenvalue weighted by Crippen LogP contribution is -2.36. The molecule has 0 unspecified atom stereocenters. The van der Waals surface area contributed by atoms with Crippen molar-refractivity contribution in [3.8, 4) is 0 Å². The molecule has 1 aromatic carbocycles. The van der Waals surface area contributed by atoms with E-state index in [1.807, 2.05) is 23.6 Å². The van der Waals surface area contributed by atoms with E-state index < -0.39 is 12.0 Å². The van der Waals surface area contributed by atoms with Crippen LogP contribution in [0.5, 0.6) is 0 Å². The summed E-state index contributed by atoms with van der Waals surface area (Å²) in [5, 5.41) is 4.86. The Hall–Kier alpha value is -2.67. The summed E-state index contributed by atoms with van der Waals surface area (Å²) in [5.41, 5.74) is 3.53. The highest BCUT2D eigenvalue weighted by molar-refractivity contribution is 7.10. The highest BCUT2D eigenvalue weighted by Gasteiger charge is 2.36. The van der Waals surface area contributed by atoms with Crippen molar-refractivity contribution in [1.82, 2.24) is 5.32 Å². The number of rotatable bonds is 6. The molecule has 1 saturated heterocycles. The van der Waals surface area contributed by atoms with E-state index in [0.717, 1.165) is 29.8 Å². The second kappa shape index (κ2) is 8.37. The summed E-state index contributed by atoms with van der Waals surface area (Å²) >= 11 is 1.48. The Bertz CT molecular complexity index is 925. The summed E-state index contributed by atoms with van der Waals surface area (Å²) in [5.74, 6) is -1.06. The van der Waals surface area contributed by atoms with Gasteiger partial charge < -0.3 is 15.0 Å². The molecule has 1 aromatic heterocycles. The number of benzene rings is 1. The molecule has 6 nitrogen and oxygen atoms in total. The number of aryl methyl sites for hydroxylation is 2. The standard InChI is InChI=1S/C22H24N2O4S/c1-28-21(26)12-18(19-6-3-9-29-19)23-22(27)16-11-20(25)24(13-16)17-8-7-14-4-2-5-15(14)10-17/h3,6-10,16,18H,2,4-5,11-13H2,1H3,(H,23,27)/t16-,18-/m1/s1. The van der Waals surface area contributed by atoms with Crippen molar-refractivity contribution in [3.05, 3.63) is 51.7 Å². The van der Waals surface area contributed by atoms with E-state index in [1.54, 1.807) is 4.90 Å². The largest absolute Gasteiger partial charge is 0.469 e. The highest BCUT2D eigenvalue weighted by atomic mass is 32.1. The Kier molecular flexibility index (Phi) is 5.67.